The van der Waals surface area contributed by atoms with Crippen LogP contribution in [0.2, 0.25) is 0 Å². The van der Waals surface area contributed by atoms with E-state index < -0.39 is 0 Å². The fourth-order valence-electron chi connectivity index (χ4n) is 3.98. The Labute approximate surface area is 192 Å². The van der Waals surface area contributed by atoms with E-state index in [4.69, 9.17) is 9.47 Å². The highest BCUT2D eigenvalue weighted by Crippen LogP contribution is 2.24. The average Bonchev–Trinajstić information content (AvgIpc) is 3.24. The first kappa shape index (κ1) is 23.7. The van der Waals surface area contributed by atoms with Crippen LogP contribution in [-0.2, 0) is 13.0 Å². The van der Waals surface area contributed by atoms with E-state index in [1.54, 1.807) is 14.2 Å². The molecule has 0 spiro atoms. The van der Waals surface area contributed by atoms with Gasteiger partial charge in [0.15, 0.2) is 5.96 Å². The number of hydrogen-bond donors (Lipinski definition) is 2. The fraction of sp³-hybridized carbons (Fsp3) is 0.480. The molecule has 0 aliphatic carbocycles. The number of aliphatic imine (C=N–C) groups is 1. The summed E-state index contributed by atoms with van der Waals surface area (Å²) in [4.78, 5) is 8.98. The number of benzene rings is 2. The molecule has 1 fully saturated rings. The summed E-state index contributed by atoms with van der Waals surface area (Å²) in [5, 5.41) is 7.03. The van der Waals surface area contributed by atoms with Gasteiger partial charge in [-0.15, -0.1) is 0 Å². The van der Waals surface area contributed by atoms with Crippen LogP contribution in [0.25, 0.3) is 0 Å². The molecule has 3 rings (SSSR count). The Morgan fingerprint density at radius 2 is 1.75 bits per heavy atom. The molecular formula is C25H37N5O2. The Morgan fingerprint density at radius 1 is 1.06 bits per heavy atom. The van der Waals surface area contributed by atoms with E-state index in [1.807, 2.05) is 13.1 Å². The minimum atomic E-state index is 0.382. The topological polar surface area (TPSA) is 61.4 Å². The second-order valence-corrected chi connectivity index (χ2v) is 8.40. The predicted octanol–water partition coefficient (Wildman–Crippen LogP) is 2.75. The van der Waals surface area contributed by atoms with Gasteiger partial charge < -0.3 is 25.0 Å². The summed E-state index contributed by atoms with van der Waals surface area (Å²) in [5.41, 5.74) is 3.74. The first-order chi connectivity index (χ1) is 15.5. The Balaban J connectivity index is 1.44. The van der Waals surface area contributed by atoms with Gasteiger partial charge in [0.2, 0.25) is 0 Å². The summed E-state index contributed by atoms with van der Waals surface area (Å²) in [6.45, 7) is 3.75. The van der Waals surface area contributed by atoms with Gasteiger partial charge in [-0.1, -0.05) is 12.1 Å². The minimum absolute atomic E-state index is 0.382. The normalized spacial score (nSPS) is 16.7. The van der Waals surface area contributed by atoms with Gasteiger partial charge in [-0.2, -0.15) is 0 Å². The number of rotatable bonds is 9. The van der Waals surface area contributed by atoms with Crippen LogP contribution in [0.4, 0.5) is 5.69 Å². The van der Waals surface area contributed by atoms with Gasteiger partial charge in [-0.05, 0) is 48.2 Å². The highest BCUT2D eigenvalue weighted by atomic mass is 16.5. The minimum Gasteiger partial charge on any atom is -0.497 e. The van der Waals surface area contributed by atoms with Gasteiger partial charge in [0, 0.05) is 65.1 Å². The molecule has 174 valence electrons. The average molecular weight is 440 g/mol. The zero-order valence-corrected chi connectivity index (χ0v) is 20.0. The van der Waals surface area contributed by atoms with Crippen LogP contribution in [0, 0.1) is 0 Å². The maximum atomic E-state index is 5.40. The van der Waals surface area contributed by atoms with Crippen LogP contribution in [0.3, 0.4) is 0 Å². The third kappa shape index (κ3) is 6.79. The highest BCUT2D eigenvalue weighted by molar-refractivity contribution is 5.80. The second kappa shape index (κ2) is 11.6. The van der Waals surface area contributed by atoms with Crippen molar-refractivity contribution in [3.63, 3.8) is 0 Å². The fourth-order valence-corrected chi connectivity index (χ4v) is 3.98. The molecule has 1 atom stereocenters. The van der Waals surface area contributed by atoms with Crippen LogP contribution in [0.15, 0.2) is 47.5 Å². The molecule has 0 radical (unpaired) electrons. The van der Waals surface area contributed by atoms with Crippen LogP contribution >= 0.6 is 0 Å². The van der Waals surface area contributed by atoms with Gasteiger partial charge in [0.05, 0.1) is 14.2 Å². The number of likely N-dealkylation sites (tertiary alicyclic amines) is 1. The molecule has 1 aliphatic rings. The molecule has 7 nitrogen and oxygen atoms in total. The SMILES string of the molecule is CN=C(NCCc1ccc(N(C)C)cc1)NC1CCN(Cc2cc(OC)cc(OC)c2)C1. The zero-order chi connectivity index (χ0) is 22.9. The van der Waals surface area contributed by atoms with Crippen molar-refractivity contribution in [1.29, 1.82) is 0 Å². The van der Waals surface area contributed by atoms with Crippen LogP contribution in [0.5, 0.6) is 11.5 Å². The van der Waals surface area contributed by atoms with Gasteiger partial charge >= 0.3 is 0 Å². The van der Waals surface area contributed by atoms with Crippen molar-refractivity contribution in [3.8, 4) is 11.5 Å². The summed E-state index contributed by atoms with van der Waals surface area (Å²) in [6.07, 6.45) is 2.05. The molecule has 2 aromatic rings. The molecule has 0 aromatic heterocycles. The molecule has 0 amide bonds. The molecule has 0 saturated carbocycles. The van der Waals surface area contributed by atoms with Crippen LogP contribution in [0.1, 0.15) is 17.5 Å². The largest absolute Gasteiger partial charge is 0.497 e. The second-order valence-electron chi connectivity index (χ2n) is 8.40. The lowest BCUT2D eigenvalue weighted by Crippen LogP contribution is -2.45. The van der Waals surface area contributed by atoms with E-state index in [0.29, 0.717) is 6.04 Å². The Kier molecular flexibility index (Phi) is 8.62. The highest BCUT2D eigenvalue weighted by Gasteiger charge is 2.23. The van der Waals surface area contributed by atoms with Gasteiger partial charge in [-0.25, -0.2) is 0 Å². The molecule has 1 heterocycles. The summed E-state index contributed by atoms with van der Waals surface area (Å²) < 4.78 is 10.8. The standard InChI is InChI=1S/C25H37N5O2/c1-26-25(27-12-10-19-6-8-22(9-7-19)29(2)3)28-21-11-13-30(18-21)17-20-14-23(31-4)16-24(15-20)32-5/h6-9,14-16,21H,10-13,17-18H2,1-5H3,(H2,26,27,28). The van der Waals surface area contributed by atoms with Crippen molar-refractivity contribution in [2.75, 3.05) is 59.9 Å². The maximum Gasteiger partial charge on any atom is 0.191 e. The van der Waals surface area contributed by atoms with Crippen molar-refractivity contribution in [2.24, 2.45) is 4.99 Å². The van der Waals surface area contributed by atoms with E-state index in [-0.39, 0.29) is 0 Å². The quantitative estimate of drug-likeness (QED) is 0.463. The van der Waals surface area contributed by atoms with Crippen molar-refractivity contribution < 1.29 is 9.47 Å². The summed E-state index contributed by atoms with van der Waals surface area (Å²) in [5.74, 6) is 2.52. The number of hydrogen-bond acceptors (Lipinski definition) is 5. The third-order valence-corrected chi connectivity index (χ3v) is 5.81. The number of methoxy groups -OCH3 is 2. The zero-order valence-electron chi connectivity index (χ0n) is 20.0. The predicted molar refractivity (Wildman–Crippen MR) is 132 cm³/mol. The summed E-state index contributed by atoms with van der Waals surface area (Å²) in [7, 11) is 9.32. The van der Waals surface area contributed by atoms with E-state index in [9.17, 15) is 0 Å². The molecule has 2 N–H and O–H groups in total. The molecule has 2 aromatic carbocycles. The lowest BCUT2D eigenvalue weighted by atomic mass is 10.1. The van der Waals surface area contributed by atoms with E-state index >= 15 is 0 Å². The van der Waals surface area contributed by atoms with Crippen molar-refractivity contribution in [1.82, 2.24) is 15.5 Å². The van der Waals surface area contributed by atoms with Crippen LogP contribution < -0.4 is 25.0 Å². The third-order valence-electron chi connectivity index (χ3n) is 5.81. The van der Waals surface area contributed by atoms with Crippen LogP contribution in [-0.4, -0.2) is 71.9 Å². The molecule has 0 bridgehead atoms. The Morgan fingerprint density at radius 3 is 2.34 bits per heavy atom. The smallest absolute Gasteiger partial charge is 0.191 e. The molecule has 7 heteroatoms. The molecule has 32 heavy (non-hydrogen) atoms. The first-order valence-corrected chi connectivity index (χ1v) is 11.2. The maximum absolute atomic E-state index is 5.40. The number of anilines is 1. The molecule has 1 saturated heterocycles. The Bertz CT molecular complexity index is 860. The first-order valence-electron chi connectivity index (χ1n) is 11.2. The van der Waals surface area contributed by atoms with Crippen molar-refractivity contribution >= 4 is 11.6 Å². The van der Waals surface area contributed by atoms with Crippen molar-refractivity contribution in [2.45, 2.75) is 25.4 Å². The lowest BCUT2D eigenvalue weighted by molar-refractivity contribution is 0.321. The summed E-state index contributed by atoms with van der Waals surface area (Å²) >= 11 is 0. The monoisotopic (exact) mass is 439 g/mol. The van der Waals surface area contributed by atoms with Crippen molar-refractivity contribution in [3.05, 3.63) is 53.6 Å². The lowest BCUT2D eigenvalue weighted by Gasteiger charge is -2.19. The molecule has 1 unspecified atom stereocenters. The van der Waals surface area contributed by atoms with E-state index in [1.165, 1.54) is 16.8 Å². The van der Waals surface area contributed by atoms with E-state index in [0.717, 1.165) is 56.5 Å². The molecular weight excluding hydrogens is 402 g/mol. The Hall–Kier alpha value is -2.93. The van der Waals surface area contributed by atoms with E-state index in [2.05, 4.69) is 75.9 Å². The van der Waals surface area contributed by atoms with Gasteiger partial charge in [0.1, 0.15) is 11.5 Å². The molecule has 1 aliphatic heterocycles. The van der Waals surface area contributed by atoms with Gasteiger partial charge in [0.25, 0.3) is 0 Å². The number of nitrogens with zero attached hydrogens (tertiary/aromatic N) is 3. The number of nitrogens with one attached hydrogen (secondary N) is 2. The number of ether oxygens (including phenoxy) is 2. The summed E-state index contributed by atoms with van der Waals surface area (Å²) in [6, 6.07) is 15.1. The number of guanidine groups is 1. The van der Waals surface area contributed by atoms with Gasteiger partial charge in [-0.3, -0.25) is 9.89 Å².